The van der Waals surface area contributed by atoms with E-state index in [9.17, 15) is 4.79 Å². The molecule has 104 valence electrons. The van der Waals surface area contributed by atoms with Crippen molar-refractivity contribution in [3.05, 3.63) is 23.8 Å². The highest BCUT2D eigenvalue weighted by Gasteiger charge is 2.20. The number of likely N-dealkylation sites (N-methyl/N-ethyl adjacent to an activating group) is 1. The second kappa shape index (κ2) is 5.48. The molecular formula is C14H22N4O. The third-order valence-corrected chi connectivity index (χ3v) is 3.46. The van der Waals surface area contributed by atoms with E-state index in [2.05, 4.69) is 17.3 Å². The zero-order valence-corrected chi connectivity index (χ0v) is 11.8. The molecule has 1 aliphatic heterocycles. The zero-order chi connectivity index (χ0) is 14.0. The molecule has 1 aromatic rings. The molecule has 0 radical (unpaired) electrons. The number of carbonyl (C=O) groups is 1. The van der Waals surface area contributed by atoms with E-state index in [0.717, 1.165) is 25.2 Å². The van der Waals surface area contributed by atoms with Crippen LogP contribution in [0.25, 0.3) is 0 Å². The Balaban J connectivity index is 2.15. The molecule has 5 nitrogen and oxygen atoms in total. The summed E-state index contributed by atoms with van der Waals surface area (Å²) < 4.78 is 0. The fourth-order valence-corrected chi connectivity index (χ4v) is 2.35. The fraction of sp³-hybridized carbons (Fsp3) is 0.500. The summed E-state index contributed by atoms with van der Waals surface area (Å²) in [7, 11) is 5.60. The van der Waals surface area contributed by atoms with Crippen LogP contribution in [0.15, 0.2) is 18.2 Å². The summed E-state index contributed by atoms with van der Waals surface area (Å²) in [6, 6.07) is 5.80. The molecule has 1 aromatic carbocycles. The molecule has 0 aromatic heterocycles. The van der Waals surface area contributed by atoms with Crippen LogP contribution in [-0.2, 0) is 0 Å². The number of hydrogen-bond donors (Lipinski definition) is 2. The molecule has 1 heterocycles. The predicted molar refractivity (Wildman–Crippen MR) is 78.4 cm³/mol. The van der Waals surface area contributed by atoms with Gasteiger partial charge in [-0.05, 0) is 38.2 Å². The van der Waals surface area contributed by atoms with E-state index in [1.165, 1.54) is 0 Å². The van der Waals surface area contributed by atoms with Gasteiger partial charge in [-0.15, -0.1) is 0 Å². The number of nitrogens with two attached hydrogens (primary N) is 1. The molecule has 1 fully saturated rings. The van der Waals surface area contributed by atoms with Crippen molar-refractivity contribution >= 4 is 17.3 Å². The van der Waals surface area contributed by atoms with Gasteiger partial charge in [0.15, 0.2) is 0 Å². The molecular weight excluding hydrogens is 240 g/mol. The Morgan fingerprint density at radius 3 is 2.79 bits per heavy atom. The summed E-state index contributed by atoms with van der Waals surface area (Å²) in [6.45, 7) is 2.10. The van der Waals surface area contributed by atoms with Gasteiger partial charge in [0.1, 0.15) is 0 Å². The summed E-state index contributed by atoms with van der Waals surface area (Å²) in [5.41, 5.74) is 8.18. The van der Waals surface area contributed by atoms with Crippen LogP contribution in [0.5, 0.6) is 0 Å². The molecule has 1 atom stereocenters. The van der Waals surface area contributed by atoms with Crippen molar-refractivity contribution in [2.45, 2.75) is 12.5 Å². The van der Waals surface area contributed by atoms with Gasteiger partial charge >= 0.3 is 0 Å². The topological polar surface area (TPSA) is 61.6 Å². The van der Waals surface area contributed by atoms with Crippen LogP contribution in [0.3, 0.4) is 0 Å². The van der Waals surface area contributed by atoms with Crippen LogP contribution in [0, 0.1) is 0 Å². The van der Waals surface area contributed by atoms with Gasteiger partial charge in [-0.3, -0.25) is 4.79 Å². The fourth-order valence-electron chi connectivity index (χ4n) is 2.35. The number of nitrogens with zero attached hydrogens (tertiary/aromatic N) is 2. The molecule has 1 aliphatic rings. The maximum Gasteiger partial charge on any atom is 0.253 e. The van der Waals surface area contributed by atoms with Gasteiger partial charge in [0.05, 0.1) is 11.4 Å². The molecule has 1 saturated heterocycles. The lowest BCUT2D eigenvalue weighted by molar-refractivity contribution is 0.0827. The van der Waals surface area contributed by atoms with Gasteiger partial charge in [0, 0.05) is 32.2 Å². The summed E-state index contributed by atoms with van der Waals surface area (Å²) >= 11 is 0. The molecule has 1 amide bonds. The molecule has 0 bridgehead atoms. The number of benzene rings is 1. The van der Waals surface area contributed by atoms with Gasteiger partial charge in [-0.25, -0.2) is 0 Å². The normalized spacial score (nSPS) is 19.4. The van der Waals surface area contributed by atoms with Crippen molar-refractivity contribution < 1.29 is 4.79 Å². The van der Waals surface area contributed by atoms with Crippen LogP contribution in [0.1, 0.15) is 16.8 Å². The SMILES string of the molecule is CN1CCC(Nc2cc(C(=O)N(C)C)ccc2N)C1. The minimum absolute atomic E-state index is 0.00779. The van der Waals surface area contributed by atoms with Crippen molar-refractivity contribution in [3.63, 3.8) is 0 Å². The highest BCUT2D eigenvalue weighted by Crippen LogP contribution is 2.23. The molecule has 19 heavy (non-hydrogen) atoms. The maximum atomic E-state index is 11.9. The van der Waals surface area contributed by atoms with Crippen molar-refractivity contribution in [2.24, 2.45) is 0 Å². The van der Waals surface area contributed by atoms with Gasteiger partial charge in [-0.2, -0.15) is 0 Å². The molecule has 5 heteroatoms. The van der Waals surface area contributed by atoms with Crippen LogP contribution in [0.2, 0.25) is 0 Å². The van der Waals surface area contributed by atoms with E-state index in [0.29, 0.717) is 17.3 Å². The maximum absolute atomic E-state index is 11.9. The summed E-state index contributed by atoms with van der Waals surface area (Å²) in [5.74, 6) is -0.00779. The molecule has 0 saturated carbocycles. The first-order chi connectivity index (χ1) is 8.97. The monoisotopic (exact) mass is 262 g/mol. The molecule has 0 spiro atoms. The second-order valence-electron chi connectivity index (χ2n) is 5.39. The van der Waals surface area contributed by atoms with E-state index < -0.39 is 0 Å². The minimum Gasteiger partial charge on any atom is -0.397 e. The molecule has 3 N–H and O–H groups in total. The molecule has 1 unspecified atom stereocenters. The largest absolute Gasteiger partial charge is 0.397 e. The second-order valence-corrected chi connectivity index (χ2v) is 5.39. The summed E-state index contributed by atoms with van der Waals surface area (Å²) in [6.07, 6.45) is 1.10. The predicted octanol–water partition coefficient (Wildman–Crippen LogP) is 1.09. The highest BCUT2D eigenvalue weighted by molar-refractivity contribution is 5.95. The number of nitrogen functional groups attached to an aromatic ring is 1. The Morgan fingerprint density at radius 1 is 1.47 bits per heavy atom. The lowest BCUT2D eigenvalue weighted by atomic mass is 10.1. The van der Waals surface area contributed by atoms with Crippen molar-refractivity contribution in [1.29, 1.82) is 0 Å². The van der Waals surface area contributed by atoms with E-state index >= 15 is 0 Å². The number of hydrogen-bond acceptors (Lipinski definition) is 4. The summed E-state index contributed by atoms with van der Waals surface area (Å²) in [5, 5.41) is 3.44. The number of anilines is 2. The van der Waals surface area contributed by atoms with E-state index in [1.54, 1.807) is 31.1 Å². The lowest BCUT2D eigenvalue weighted by Gasteiger charge is -2.17. The first-order valence-corrected chi connectivity index (χ1v) is 6.53. The van der Waals surface area contributed by atoms with Crippen LogP contribution < -0.4 is 11.1 Å². The lowest BCUT2D eigenvalue weighted by Crippen LogP contribution is -2.25. The minimum atomic E-state index is -0.00779. The number of rotatable bonds is 3. The molecule has 2 rings (SSSR count). The Kier molecular flexibility index (Phi) is 3.95. The third kappa shape index (κ3) is 3.17. The van der Waals surface area contributed by atoms with Gasteiger partial charge < -0.3 is 20.9 Å². The summed E-state index contributed by atoms with van der Waals surface area (Å²) in [4.78, 5) is 15.8. The van der Waals surface area contributed by atoms with E-state index in [4.69, 9.17) is 5.73 Å². The number of amides is 1. The molecule has 0 aliphatic carbocycles. The van der Waals surface area contributed by atoms with E-state index in [-0.39, 0.29) is 5.91 Å². The number of carbonyl (C=O) groups excluding carboxylic acids is 1. The highest BCUT2D eigenvalue weighted by atomic mass is 16.2. The Hall–Kier alpha value is -1.75. The third-order valence-electron chi connectivity index (χ3n) is 3.46. The smallest absolute Gasteiger partial charge is 0.253 e. The first kappa shape index (κ1) is 13.7. The van der Waals surface area contributed by atoms with Crippen LogP contribution >= 0.6 is 0 Å². The first-order valence-electron chi connectivity index (χ1n) is 6.53. The van der Waals surface area contributed by atoms with Crippen LogP contribution in [-0.4, -0.2) is 56.0 Å². The standard InChI is InChI=1S/C14H22N4O/c1-17(2)14(19)10-4-5-12(15)13(8-10)16-11-6-7-18(3)9-11/h4-5,8,11,16H,6-7,9,15H2,1-3H3. The number of likely N-dealkylation sites (tertiary alicyclic amines) is 1. The number of nitrogens with one attached hydrogen (secondary N) is 1. The Labute approximate surface area is 114 Å². The zero-order valence-electron chi connectivity index (χ0n) is 11.8. The van der Waals surface area contributed by atoms with Crippen molar-refractivity contribution in [1.82, 2.24) is 9.80 Å². The quantitative estimate of drug-likeness (QED) is 0.800. The van der Waals surface area contributed by atoms with E-state index in [1.807, 2.05) is 6.07 Å². The van der Waals surface area contributed by atoms with Gasteiger partial charge in [0.25, 0.3) is 5.91 Å². The Bertz CT molecular complexity index is 473. The Morgan fingerprint density at radius 2 is 2.21 bits per heavy atom. The van der Waals surface area contributed by atoms with Gasteiger partial charge in [0.2, 0.25) is 0 Å². The van der Waals surface area contributed by atoms with Gasteiger partial charge in [-0.1, -0.05) is 0 Å². The average molecular weight is 262 g/mol. The average Bonchev–Trinajstić information content (AvgIpc) is 2.76. The van der Waals surface area contributed by atoms with Crippen molar-refractivity contribution in [2.75, 3.05) is 45.3 Å². The van der Waals surface area contributed by atoms with Crippen LogP contribution in [0.4, 0.5) is 11.4 Å². The van der Waals surface area contributed by atoms with Crippen molar-refractivity contribution in [3.8, 4) is 0 Å².